The summed E-state index contributed by atoms with van der Waals surface area (Å²) >= 11 is 0. The second-order valence-corrected chi connectivity index (χ2v) is 7.72. The maximum atomic E-state index is 11.6. The molecule has 1 rings (SSSR count). The Bertz CT molecular complexity index is 463. The van der Waals surface area contributed by atoms with Gasteiger partial charge in [-0.15, -0.1) is 0 Å². The van der Waals surface area contributed by atoms with E-state index in [1.54, 1.807) is 0 Å². The molecule has 1 heterocycles. The van der Waals surface area contributed by atoms with Crippen LogP contribution >= 0.6 is 0 Å². The molecule has 0 bridgehead atoms. The third kappa shape index (κ3) is 7.31. The van der Waals surface area contributed by atoms with E-state index in [0.29, 0.717) is 19.4 Å². The van der Waals surface area contributed by atoms with Crippen LogP contribution in [-0.4, -0.2) is 49.6 Å². The Hall–Kier alpha value is -1.31. The topological polar surface area (TPSA) is 113 Å². The van der Waals surface area contributed by atoms with E-state index >= 15 is 0 Å². The highest BCUT2D eigenvalue weighted by atomic mass is 32.2. The van der Waals surface area contributed by atoms with Gasteiger partial charge >= 0.3 is 12.0 Å². The summed E-state index contributed by atoms with van der Waals surface area (Å²) in [5.41, 5.74) is 0. The fourth-order valence-corrected chi connectivity index (χ4v) is 4.09. The van der Waals surface area contributed by atoms with Gasteiger partial charge in [0.1, 0.15) is 0 Å². The van der Waals surface area contributed by atoms with Crippen LogP contribution < -0.4 is 10.6 Å². The van der Waals surface area contributed by atoms with Crippen LogP contribution in [0.25, 0.3) is 0 Å². The highest BCUT2D eigenvalue weighted by Crippen LogP contribution is 2.14. The van der Waals surface area contributed by atoms with Gasteiger partial charge in [0.2, 0.25) is 0 Å². The maximum absolute atomic E-state index is 11.6. The summed E-state index contributed by atoms with van der Waals surface area (Å²) in [7, 11) is -2.99. The average Bonchev–Trinajstić information content (AvgIpc) is 2.72. The number of carbonyl (C=O) groups excluding carboxylic acids is 1. The quantitative estimate of drug-likeness (QED) is 0.611. The molecule has 0 aromatic carbocycles. The Labute approximate surface area is 125 Å². The van der Waals surface area contributed by atoms with Crippen LogP contribution in [0.15, 0.2) is 0 Å². The largest absolute Gasteiger partial charge is 0.481 e. The highest BCUT2D eigenvalue weighted by molar-refractivity contribution is 7.91. The zero-order valence-corrected chi connectivity index (χ0v) is 13.1. The van der Waals surface area contributed by atoms with Gasteiger partial charge in [-0.25, -0.2) is 13.2 Å². The summed E-state index contributed by atoms with van der Waals surface area (Å²) in [4.78, 5) is 22.2. The predicted octanol–water partition coefficient (Wildman–Crippen LogP) is 0.754. The van der Waals surface area contributed by atoms with Crippen molar-refractivity contribution in [2.24, 2.45) is 5.92 Å². The maximum Gasteiger partial charge on any atom is 0.315 e. The summed E-state index contributed by atoms with van der Waals surface area (Å²) in [6.07, 6.45) is 2.81. The summed E-state index contributed by atoms with van der Waals surface area (Å²) < 4.78 is 22.5. The van der Waals surface area contributed by atoms with E-state index in [4.69, 9.17) is 5.11 Å². The van der Waals surface area contributed by atoms with Crippen LogP contribution in [0.4, 0.5) is 4.79 Å². The number of urea groups is 1. The third-order valence-corrected chi connectivity index (χ3v) is 5.52. The number of carboxylic acid groups (broad SMARTS) is 1. The Kier molecular flexibility index (Phi) is 6.94. The van der Waals surface area contributed by atoms with E-state index < -0.39 is 15.8 Å². The standard InChI is InChI=1S/C13H24N2O5S/c1-2-10(3-4-12(16)17)5-7-14-13(18)15-11-6-8-21(19,20)9-11/h10-11H,2-9H2,1H3,(H,16,17)(H2,14,15,18). The number of sulfone groups is 1. The van der Waals surface area contributed by atoms with Crippen molar-refractivity contribution in [1.82, 2.24) is 10.6 Å². The van der Waals surface area contributed by atoms with Crippen LogP contribution in [0.1, 0.15) is 39.0 Å². The lowest BCUT2D eigenvalue weighted by molar-refractivity contribution is -0.137. The van der Waals surface area contributed by atoms with Crippen molar-refractivity contribution in [2.75, 3.05) is 18.1 Å². The minimum atomic E-state index is -2.99. The monoisotopic (exact) mass is 320 g/mol. The molecule has 2 unspecified atom stereocenters. The molecule has 7 nitrogen and oxygen atoms in total. The lowest BCUT2D eigenvalue weighted by atomic mass is 9.97. The molecule has 1 fully saturated rings. The number of rotatable bonds is 8. The molecule has 8 heteroatoms. The normalized spacial score (nSPS) is 21.7. The fraction of sp³-hybridized carbons (Fsp3) is 0.846. The first kappa shape index (κ1) is 17.7. The lowest BCUT2D eigenvalue weighted by Gasteiger charge is -2.15. The van der Waals surface area contributed by atoms with Crippen LogP contribution in [-0.2, 0) is 14.6 Å². The molecule has 0 aromatic rings. The molecule has 0 aromatic heterocycles. The summed E-state index contributed by atoms with van der Waals surface area (Å²) in [6, 6.07) is -0.658. The second kappa shape index (κ2) is 8.21. The van der Waals surface area contributed by atoms with Gasteiger partial charge < -0.3 is 15.7 Å². The van der Waals surface area contributed by atoms with Crippen molar-refractivity contribution in [1.29, 1.82) is 0 Å². The Morgan fingerprint density at radius 1 is 1.33 bits per heavy atom. The number of hydrogen-bond donors (Lipinski definition) is 3. The zero-order chi connectivity index (χ0) is 15.9. The predicted molar refractivity (Wildman–Crippen MR) is 78.9 cm³/mol. The molecule has 1 aliphatic rings. The van der Waals surface area contributed by atoms with Crippen molar-refractivity contribution in [3.8, 4) is 0 Å². The SMILES string of the molecule is CCC(CCNC(=O)NC1CCS(=O)(=O)C1)CCC(=O)O. The van der Waals surface area contributed by atoms with Gasteiger partial charge in [-0.05, 0) is 25.2 Å². The van der Waals surface area contributed by atoms with Crippen molar-refractivity contribution >= 4 is 21.8 Å². The smallest absolute Gasteiger partial charge is 0.315 e. The van der Waals surface area contributed by atoms with Gasteiger partial charge in [0.05, 0.1) is 11.5 Å². The van der Waals surface area contributed by atoms with Crippen LogP contribution in [0.2, 0.25) is 0 Å². The fourth-order valence-electron chi connectivity index (χ4n) is 2.42. The zero-order valence-electron chi connectivity index (χ0n) is 12.3. The number of carboxylic acids is 1. The molecule has 1 saturated heterocycles. The molecule has 2 atom stereocenters. The third-order valence-electron chi connectivity index (χ3n) is 3.75. The van der Waals surface area contributed by atoms with Gasteiger partial charge in [-0.3, -0.25) is 4.79 Å². The van der Waals surface area contributed by atoms with Gasteiger partial charge in [-0.2, -0.15) is 0 Å². The van der Waals surface area contributed by atoms with E-state index in [-0.39, 0.29) is 35.9 Å². The molecule has 0 aliphatic carbocycles. The Morgan fingerprint density at radius 2 is 2.05 bits per heavy atom. The molecule has 21 heavy (non-hydrogen) atoms. The summed E-state index contributed by atoms with van der Waals surface area (Å²) in [5.74, 6) is -0.392. The lowest BCUT2D eigenvalue weighted by Crippen LogP contribution is -2.43. The first-order valence-electron chi connectivity index (χ1n) is 7.29. The molecule has 2 amide bonds. The molecular formula is C13H24N2O5S. The minimum absolute atomic E-state index is 0.0105. The first-order chi connectivity index (χ1) is 9.82. The molecular weight excluding hydrogens is 296 g/mol. The van der Waals surface area contributed by atoms with Gasteiger partial charge in [-0.1, -0.05) is 13.3 Å². The van der Waals surface area contributed by atoms with Crippen molar-refractivity contribution in [2.45, 2.75) is 45.1 Å². The Balaban J connectivity index is 2.19. The van der Waals surface area contributed by atoms with Gasteiger partial charge in [0.15, 0.2) is 9.84 Å². The highest BCUT2D eigenvalue weighted by Gasteiger charge is 2.28. The molecule has 3 N–H and O–H groups in total. The van der Waals surface area contributed by atoms with Crippen LogP contribution in [0.5, 0.6) is 0 Å². The number of hydrogen-bond acceptors (Lipinski definition) is 4. The van der Waals surface area contributed by atoms with E-state index in [0.717, 1.165) is 12.8 Å². The number of carbonyl (C=O) groups is 2. The van der Waals surface area contributed by atoms with E-state index in [9.17, 15) is 18.0 Å². The number of aliphatic carboxylic acids is 1. The van der Waals surface area contributed by atoms with E-state index in [1.165, 1.54) is 0 Å². The van der Waals surface area contributed by atoms with Crippen molar-refractivity contribution in [3.63, 3.8) is 0 Å². The first-order valence-corrected chi connectivity index (χ1v) is 9.11. The van der Waals surface area contributed by atoms with Crippen molar-refractivity contribution in [3.05, 3.63) is 0 Å². The average molecular weight is 320 g/mol. The van der Waals surface area contributed by atoms with Crippen molar-refractivity contribution < 1.29 is 23.1 Å². The molecule has 0 saturated carbocycles. The number of nitrogens with one attached hydrogen (secondary N) is 2. The summed E-state index contributed by atoms with van der Waals surface area (Å²) in [6.45, 7) is 2.46. The molecule has 1 aliphatic heterocycles. The van der Waals surface area contributed by atoms with Crippen LogP contribution in [0, 0.1) is 5.92 Å². The van der Waals surface area contributed by atoms with Crippen LogP contribution in [0.3, 0.4) is 0 Å². The molecule has 122 valence electrons. The second-order valence-electron chi connectivity index (χ2n) is 5.50. The number of amides is 2. The van der Waals surface area contributed by atoms with E-state index in [2.05, 4.69) is 10.6 Å². The Morgan fingerprint density at radius 3 is 2.57 bits per heavy atom. The van der Waals surface area contributed by atoms with Gasteiger partial charge in [0.25, 0.3) is 0 Å². The minimum Gasteiger partial charge on any atom is -0.481 e. The molecule has 0 radical (unpaired) electrons. The molecule has 0 spiro atoms. The van der Waals surface area contributed by atoms with Gasteiger partial charge in [0, 0.05) is 19.0 Å². The van der Waals surface area contributed by atoms with E-state index in [1.807, 2.05) is 6.92 Å². The summed E-state index contributed by atoms with van der Waals surface area (Å²) in [5, 5.41) is 14.0.